The van der Waals surface area contributed by atoms with Gasteiger partial charge in [0.05, 0.1) is 19.3 Å². The number of carbonyl (C=O) groups excluding carboxylic acids is 1. The normalized spacial score (nSPS) is 23.2. The van der Waals surface area contributed by atoms with E-state index in [9.17, 15) is 9.00 Å². The van der Waals surface area contributed by atoms with Crippen molar-refractivity contribution in [2.45, 2.75) is 64.8 Å². The SMILES string of the molecule is CC(CC1COCCN1C(=O)OC(C)(C)C)NC(C)CS(C)=O. The Morgan fingerprint density at radius 3 is 2.61 bits per heavy atom. The molecule has 1 saturated heterocycles. The van der Waals surface area contributed by atoms with E-state index in [2.05, 4.69) is 12.2 Å². The zero-order valence-corrected chi connectivity index (χ0v) is 16.1. The molecule has 4 unspecified atom stereocenters. The van der Waals surface area contributed by atoms with E-state index in [1.54, 1.807) is 11.2 Å². The molecule has 0 aliphatic carbocycles. The molecule has 1 fully saturated rings. The number of amides is 1. The van der Waals surface area contributed by atoms with Gasteiger partial charge in [-0.25, -0.2) is 4.79 Å². The van der Waals surface area contributed by atoms with Crippen LogP contribution in [0.2, 0.25) is 0 Å². The lowest BCUT2D eigenvalue weighted by atomic mass is 10.1. The molecule has 4 atom stereocenters. The first kappa shape index (κ1) is 20.4. The van der Waals surface area contributed by atoms with E-state index < -0.39 is 16.4 Å². The van der Waals surface area contributed by atoms with Crippen molar-refractivity contribution < 1.29 is 18.5 Å². The van der Waals surface area contributed by atoms with Crippen LogP contribution in [0.4, 0.5) is 4.79 Å². The summed E-state index contributed by atoms with van der Waals surface area (Å²) < 4.78 is 22.3. The Balaban J connectivity index is 2.57. The summed E-state index contributed by atoms with van der Waals surface area (Å²) in [7, 11) is -0.816. The molecule has 1 amide bonds. The van der Waals surface area contributed by atoms with Gasteiger partial charge in [0.2, 0.25) is 0 Å². The van der Waals surface area contributed by atoms with E-state index in [0.29, 0.717) is 25.5 Å². The summed E-state index contributed by atoms with van der Waals surface area (Å²) in [6, 6.07) is 0.376. The highest BCUT2D eigenvalue weighted by atomic mass is 32.2. The summed E-state index contributed by atoms with van der Waals surface area (Å²) in [5, 5.41) is 3.44. The molecule has 0 radical (unpaired) electrons. The van der Waals surface area contributed by atoms with Crippen molar-refractivity contribution >= 4 is 16.9 Å². The van der Waals surface area contributed by atoms with Crippen LogP contribution in [-0.4, -0.2) is 70.7 Å². The number of ether oxygens (including phenoxy) is 2. The molecule has 7 heteroatoms. The Bertz CT molecular complexity index is 411. The predicted molar refractivity (Wildman–Crippen MR) is 93.2 cm³/mol. The maximum Gasteiger partial charge on any atom is 0.410 e. The maximum absolute atomic E-state index is 12.4. The van der Waals surface area contributed by atoms with Crippen molar-refractivity contribution in [1.82, 2.24) is 10.2 Å². The van der Waals surface area contributed by atoms with E-state index in [1.807, 2.05) is 27.7 Å². The van der Waals surface area contributed by atoms with E-state index >= 15 is 0 Å². The van der Waals surface area contributed by atoms with Crippen LogP contribution in [0.1, 0.15) is 41.0 Å². The molecule has 1 N–H and O–H groups in total. The summed E-state index contributed by atoms with van der Waals surface area (Å²) >= 11 is 0. The zero-order chi connectivity index (χ0) is 17.6. The molecule has 0 aromatic carbocycles. The molecule has 0 aromatic heterocycles. The summed E-state index contributed by atoms with van der Waals surface area (Å²) in [6.07, 6.45) is 2.21. The first-order valence-corrected chi connectivity index (χ1v) is 9.94. The molecule has 1 aliphatic rings. The maximum atomic E-state index is 12.4. The summed E-state index contributed by atoms with van der Waals surface area (Å²) in [5.74, 6) is 0.626. The third kappa shape index (κ3) is 8.13. The first-order chi connectivity index (χ1) is 10.6. The summed E-state index contributed by atoms with van der Waals surface area (Å²) in [4.78, 5) is 14.1. The Hall–Kier alpha value is -0.660. The van der Waals surface area contributed by atoms with Gasteiger partial charge in [0.25, 0.3) is 0 Å². The Morgan fingerprint density at radius 1 is 1.39 bits per heavy atom. The molecule has 136 valence electrons. The van der Waals surface area contributed by atoms with Crippen LogP contribution in [-0.2, 0) is 20.3 Å². The van der Waals surface area contributed by atoms with Crippen LogP contribution in [0, 0.1) is 0 Å². The largest absolute Gasteiger partial charge is 0.444 e. The molecular weight excluding hydrogens is 316 g/mol. The number of rotatable bonds is 6. The number of nitrogens with one attached hydrogen (secondary N) is 1. The van der Waals surface area contributed by atoms with E-state index in [1.165, 1.54) is 0 Å². The van der Waals surface area contributed by atoms with Crippen LogP contribution >= 0.6 is 0 Å². The second-order valence-electron chi connectivity index (χ2n) is 7.35. The van der Waals surface area contributed by atoms with E-state index in [0.717, 1.165) is 6.42 Å². The molecule has 0 bridgehead atoms. The minimum atomic E-state index is -0.816. The highest BCUT2D eigenvalue weighted by Gasteiger charge is 2.32. The highest BCUT2D eigenvalue weighted by Crippen LogP contribution is 2.17. The van der Waals surface area contributed by atoms with E-state index in [4.69, 9.17) is 9.47 Å². The van der Waals surface area contributed by atoms with Crippen LogP contribution in [0.15, 0.2) is 0 Å². The monoisotopic (exact) mass is 348 g/mol. The standard InChI is InChI=1S/C16H32N2O4S/c1-12(17-13(2)11-23(6)20)9-14-10-21-8-7-18(14)15(19)22-16(3,4)5/h12-14,17H,7-11H2,1-6H3. The van der Waals surface area contributed by atoms with Gasteiger partial charge < -0.3 is 19.7 Å². The second-order valence-corrected chi connectivity index (χ2v) is 8.83. The van der Waals surface area contributed by atoms with Gasteiger partial charge in [-0.3, -0.25) is 4.21 Å². The quantitative estimate of drug-likeness (QED) is 0.792. The molecule has 1 rings (SSSR count). The lowest BCUT2D eigenvalue weighted by Gasteiger charge is -2.38. The van der Waals surface area contributed by atoms with Crippen molar-refractivity contribution in [2.24, 2.45) is 0 Å². The van der Waals surface area contributed by atoms with Crippen LogP contribution < -0.4 is 5.32 Å². The number of nitrogens with zero attached hydrogens (tertiary/aromatic N) is 1. The van der Waals surface area contributed by atoms with Gasteiger partial charge in [-0.2, -0.15) is 0 Å². The highest BCUT2D eigenvalue weighted by molar-refractivity contribution is 7.84. The molecule has 0 spiro atoms. The zero-order valence-electron chi connectivity index (χ0n) is 15.3. The van der Waals surface area contributed by atoms with Crippen LogP contribution in [0.25, 0.3) is 0 Å². The molecular formula is C16H32N2O4S. The average molecular weight is 349 g/mol. The molecule has 0 aromatic rings. The second kappa shape index (κ2) is 8.99. The van der Waals surface area contributed by atoms with Gasteiger partial charge in [-0.05, 0) is 41.0 Å². The third-order valence-corrected chi connectivity index (χ3v) is 4.50. The number of hydrogen-bond donors (Lipinski definition) is 1. The van der Waals surface area contributed by atoms with Gasteiger partial charge in [0.15, 0.2) is 0 Å². The fourth-order valence-corrected chi connectivity index (χ4v) is 3.57. The Morgan fingerprint density at radius 2 is 2.04 bits per heavy atom. The lowest BCUT2D eigenvalue weighted by Crippen LogP contribution is -2.52. The fourth-order valence-electron chi connectivity index (χ4n) is 2.77. The third-order valence-electron chi connectivity index (χ3n) is 3.53. The van der Waals surface area contributed by atoms with Crippen LogP contribution in [0.3, 0.4) is 0 Å². The van der Waals surface area contributed by atoms with Crippen molar-refractivity contribution in [1.29, 1.82) is 0 Å². The summed E-state index contributed by atoms with van der Waals surface area (Å²) in [5.41, 5.74) is -0.497. The first-order valence-electron chi connectivity index (χ1n) is 8.22. The van der Waals surface area contributed by atoms with Gasteiger partial charge in [0, 0.05) is 41.4 Å². The van der Waals surface area contributed by atoms with Crippen molar-refractivity contribution in [3.8, 4) is 0 Å². The fraction of sp³-hybridized carbons (Fsp3) is 0.938. The topological polar surface area (TPSA) is 67.9 Å². The molecule has 23 heavy (non-hydrogen) atoms. The van der Waals surface area contributed by atoms with Gasteiger partial charge in [0.1, 0.15) is 5.60 Å². The molecule has 1 aliphatic heterocycles. The summed E-state index contributed by atoms with van der Waals surface area (Å²) in [6.45, 7) is 11.4. The van der Waals surface area contributed by atoms with Gasteiger partial charge in [-0.1, -0.05) is 0 Å². The molecule has 6 nitrogen and oxygen atoms in total. The Kier molecular flexibility index (Phi) is 7.97. The van der Waals surface area contributed by atoms with Gasteiger partial charge in [-0.15, -0.1) is 0 Å². The van der Waals surface area contributed by atoms with Crippen molar-refractivity contribution in [2.75, 3.05) is 31.8 Å². The number of morpholine rings is 1. The lowest BCUT2D eigenvalue weighted by molar-refractivity contribution is -0.0356. The average Bonchev–Trinajstić information content (AvgIpc) is 2.35. The predicted octanol–water partition coefficient (Wildman–Crippen LogP) is 1.76. The van der Waals surface area contributed by atoms with Crippen LogP contribution in [0.5, 0.6) is 0 Å². The minimum Gasteiger partial charge on any atom is -0.444 e. The number of hydrogen-bond acceptors (Lipinski definition) is 5. The van der Waals surface area contributed by atoms with Crippen molar-refractivity contribution in [3.63, 3.8) is 0 Å². The van der Waals surface area contributed by atoms with E-state index in [-0.39, 0.29) is 24.2 Å². The minimum absolute atomic E-state index is 0.000393. The molecule has 0 saturated carbocycles. The van der Waals surface area contributed by atoms with Gasteiger partial charge >= 0.3 is 6.09 Å². The molecule has 1 heterocycles. The van der Waals surface area contributed by atoms with Crippen molar-refractivity contribution in [3.05, 3.63) is 0 Å². The smallest absolute Gasteiger partial charge is 0.410 e. The number of carbonyl (C=O) groups is 1. The Labute approximate surface area is 142 Å².